The summed E-state index contributed by atoms with van der Waals surface area (Å²) in [5, 5.41) is 0. The van der Waals surface area contributed by atoms with Crippen LogP contribution >= 0.6 is 0 Å². The van der Waals surface area contributed by atoms with Crippen LogP contribution in [0, 0.1) is 0 Å². The van der Waals surface area contributed by atoms with Gasteiger partial charge in [0.2, 0.25) is 0 Å². The minimum absolute atomic E-state index is 0.535. The van der Waals surface area contributed by atoms with E-state index in [0.717, 1.165) is 37.1 Å². The van der Waals surface area contributed by atoms with Crippen molar-refractivity contribution in [3.63, 3.8) is 0 Å². The van der Waals surface area contributed by atoms with Crippen molar-refractivity contribution in [1.82, 2.24) is 4.98 Å². The van der Waals surface area contributed by atoms with Crippen molar-refractivity contribution in [2.24, 2.45) is 0 Å². The Morgan fingerprint density at radius 3 is 2.03 bits per heavy atom. The van der Waals surface area contributed by atoms with Gasteiger partial charge in [0.15, 0.2) is 0 Å². The van der Waals surface area contributed by atoms with Crippen molar-refractivity contribution in [3.8, 4) is 5.75 Å². The van der Waals surface area contributed by atoms with E-state index >= 15 is 0 Å². The number of benzene rings is 3. The predicted molar refractivity (Wildman–Crippen MR) is 156 cm³/mol. The molecule has 1 heterocycles. The van der Waals surface area contributed by atoms with Crippen LogP contribution in [0.5, 0.6) is 5.75 Å². The lowest BCUT2D eigenvalue weighted by atomic mass is 9.88. The highest BCUT2D eigenvalue weighted by atomic mass is 32.2. The Morgan fingerprint density at radius 2 is 1.38 bits per heavy atom. The van der Waals surface area contributed by atoms with E-state index in [1.54, 1.807) is 6.20 Å². The largest absolute Gasteiger partial charge is 0.616 e. The van der Waals surface area contributed by atoms with Crippen LogP contribution in [0.4, 0.5) is 0 Å². The van der Waals surface area contributed by atoms with Crippen LogP contribution in [0.15, 0.2) is 109 Å². The van der Waals surface area contributed by atoms with Gasteiger partial charge in [0.1, 0.15) is 17.3 Å². The average Bonchev–Trinajstić information content (AvgIpc) is 2.95. The van der Waals surface area contributed by atoms with Crippen LogP contribution in [-0.4, -0.2) is 21.9 Å². The van der Waals surface area contributed by atoms with Crippen molar-refractivity contribution < 1.29 is 9.29 Å². The van der Waals surface area contributed by atoms with Crippen LogP contribution in [0.3, 0.4) is 0 Å². The van der Waals surface area contributed by atoms with Crippen molar-refractivity contribution in [1.29, 1.82) is 0 Å². The molecule has 190 valence electrons. The summed E-state index contributed by atoms with van der Waals surface area (Å²) in [6.45, 7) is 2.88. The summed E-state index contributed by atoms with van der Waals surface area (Å²) in [4.78, 5) is 4.26. The normalized spacial score (nSPS) is 12.6. The quantitative estimate of drug-likeness (QED) is 0.104. The summed E-state index contributed by atoms with van der Waals surface area (Å²) in [6.07, 6.45) is 5.59. The van der Waals surface area contributed by atoms with Gasteiger partial charge in [0, 0.05) is 6.20 Å². The van der Waals surface area contributed by atoms with Gasteiger partial charge in [0.05, 0.1) is 12.3 Å². The number of unbranched alkanes of at least 4 members (excludes halogenated alkanes) is 2. The number of hydrogen-bond donors (Lipinski definition) is 0. The molecule has 0 saturated carbocycles. The van der Waals surface area contributed by atoms with Crippen molar-refractivity contribution in [2.75, 3.05) is 12.4 Å². The molecule has 0 N–H and O–H groups in total. The zero-order valence-electron chi connectivity index (χ0n) is 21.5. The molecule has 0 radical (unpaired) electrons. The van der Waals surface area contributed by atoms with Gasteiger partial charge in [-0.2, -0.15) is 0 Å². The zero-order valence-corrected chi connectivity index (χ0v) is 22.3. The molecule has 0 spiro atoms. The van der Waals surface area contributed by atoms with Crippen LogP contribution in [0.2, 0.25) is 0 Å². The second kappa shape index (κ2) is 14.4. The maximum absolute atomic E-state index is 12.3. The van der Waals surface area contributed by atoms with Gasteiger partial charge in [-0.15, -0.1) is 0 Å². The smallest absolute Gasteiger partial charge is 0.147 e. The molecule has 3 aromatic carbocycles. The topological polar surface area (TPSA) is 45.2 Å². The van der Waals surface area contributed by atoms with E-state index in [4.69, 9.17) is 4.74 Å². The van der Waals surface area contributed by atoms with Gasteiger partial charge < -0.3 is 9.29 Å². The monoisotopic (exact) mass is 509 g/mol. The first kappa shape index (κ1) is 26.7. The summed E-state index contributed by atoms with van der Waals surface area (Å²) in [5.74, 6) is 2.13. The average molecular weight is 510 g/mol. The van der Waals surface area contributed by atoms with E-state index in [0.29, 0.717) is 18.1 Å². The molecule has 0 fully saturated rings. The molecule has 0 aliphatic heterocycles. The van der Waals surface area contributed by atoms with Crippen LogP contribution in [0.25, 0.3) is 11.1 Å². The Hall–Kier alpha value is -3.34. The van der Waals surface area contributed by atoms with Gasteiger partial charge in [-0.3, -0.25) is 4.98 Å². The molecule has 3 nitrogen and oxygen atoms in total. The molecule has 1 aromatic heterocycles. The summed E-state index contributed by atoms with van der Waals surface area (Å²) in [6, 6.07) is 35.5. The van der Waals surface area contributed by atoms with Gasteiger partial charge in [-0.1, -0.05) is 85.8 Å². The third-order valence-electron chi connectivity index (χ3n) is 6.30. The lowest BCUT2D eigenvalue weighted by Crippen LogP contribution is -2.10. The summed E-state index contributed by atoms with van der Waals surface area (Å²) in [7, 11) is 0. The highest BCUT2D eigenvalue weighted by Gasteiger charge is 2.13. The number of nitrogens with zero attached hydrogens (tertiary/aromatic N) is 1. The second-order valence-corrected chi connectivity index (χ2v) is 10.6. The third kappa shape index (κ3) is 8.08. The lowest BCUT2D eigenvalue weighted by Gasteiger charge is -2.17. The predicted octanol–water partition coefficient (Wildman–Crippen LogP) is 7.95. The number of pyridine rings is 1. The summed E-state index contributed by atoms with van der Waals surface area (Å²) in [5.41, 5.74) is 7.16. The molecular weight excluding hydrogens is 474 g/mol. The fourth-order valence-corrected chi connectivity index (χ4v) is 5.63. The van der Waals surface area contributed by atoms with Gasteiger partial charge >= 0.3 is 0 Å². The first-order chi connectivity index (χ1) is 18.2. The van der Waals surface area contributed by atoms with E-state index in [-0.39, 0.29) is 0 Å². The van der Waals surface area contributed by atoms with Crippen molar-refractivity contribution in [2.45, 2.75) is 38.4 Å². The first-order valence-electron chi connectivity index (χ1n) is 13.1. The molecule has 4 rings (SSSR count). The fraction of sp³-hybridized carbons (Fsp3) is 0.242. The van der Waals surface area contributed by atoms with Gasteiger partial charge in [-0.05, 0) is 89.0 Å². The molecule has 0 aliphatic carbocycles. The van der Waals surface area contributed by atoms with Crippen molar-refractivity contribution >= 4 is 22.3 Å². The summed E-state index contributed by atoms with van der Waals surface area (Å²) >= 11 is -0.862. The van der Waals surface area contributed by atoms with E-state index in [9.17, 15) is 4.55 Å². The molecule has 4 heteroatoms. The Morgan fingerprint density at radius 1 is 0.730 bits per heavy atom. The van der Waals surface area contributed by atoms with E-state index in [1.807, 2.05) is 18.2 Å². The number of rotatable bonds is 13. The number of ether oxygens (including phenoxy) is 1. The highest BCUT2D eigenvalue weighted by molar-refractivity contribution is 7.90. The van der Waals surface area contributed by atoms with E-state index in [2.05, 4.69) is 96.8 Å². The standard InChI is InChI=1S/C33H35NO2S/c1-2-32(27-14-6-3-7-15-27)33(28-16-8-4-9-17-28)29-19-21-31(22-20-29)36-24-12-5-13-25-37(35)26-30-18-10-11-23-34-30/h3-4,6-11,14-23H,2,5,12-13,24-26H2,1H3/b33-32+. The Kier molecular flexibility index (Phi) is 10.4. The second-order valence-electron chi connectivity index (χ2n) is 8.98. The third-order valence-corrected chi connectivity index (χ3v) is 7.66. The molecular formula is C33H35NO2S. The molecule has 0 amide bonds. The van der Waals surface area contributed by atoms with Crippen LogP contribution < -0.4 is 4.74 Å². The van der Waals surface area contributed by atoms with E-state index < -0.39 is 11.2 Å². The molecule has 0 aliphatic rings. The van der Waals surface area contributed by atoms with Crippen molar-refractivity contribution in [3.05, 3.63) is 132 Å². The number of hydrogen-bond acceptors (Lipinski definition) is 3. The minimum Gasteiger partial charge on any atom is -0.616 e. The Balaban J connectivity index is 1.33. The SMILES string of the molecule is CC/C(=C(/c1ccccc1)c1ccc(OCCCCC[S+]([O-])Cc2ccccn2)cc1)c1ccccc1. The lowest BCUT2D eigenvalue weighted by molar-refractivity contribution is 0.306. The number of aromatic nitrogens is 1. The zero-order chi connectivity index (χ0) is 25.7. The highest BCUT2D eigenvalue weighted by Crippen LogP contribution is 2.34. The van der Waals surface area contributed by atoms with Gasteiger partial charge in [-0.25, -0.2) is 0 Å². The Bertz CT molecular complexity index is 1230. The molecule has 1 atom stereocenters. The van der Waals surface area contributed by atoms with Crippen LogP contribution in [-0.2, 0) is 16.9 Å². The molecule has 0 bridgehead atoms. The molecule has 4 aromatic rings. The fourth-order valence-electron chi connectivity index (χ4n) is 4.45. The maximum atomic E-state index is 12.3. The maximum Gasteiger partial charge on any atom is 0.147 e. The van der Waals surface area contributed by atoms with E-state index in [1.165, 1.54) is 27.8 Å². The minimum atomic E-state index is -0.862. The molecule has 37 heavy (non-hydrogen) atoms. The van der Waals surface area contributed by atoms with Crippen LogP contribution in [0.1, 0.15) is 55.0 Å². The first-order valence-corrected chi connectivity index (χ1v) is 14.6. The summed E-state index contributed by atoms with van der Waals surface area (Å²) < 4.78 is 18.3. The van der Waals surface area contributed by atoms with Gasteiger partial charge in [0.25, 0.3) is 0 Å². The molecule has 0 saturated heterocycles. The number of allylic oxidation sites excluding steroid dienone is 1. The Labute approximate surface area is 224 Å². The molecule has 1 unspecified atom stereocenters.